The number of likely N-dealkylation sites (tertiary alicyclic amines) is 1. The monoisotopic (exact) mass is 320 g/mol. The van der Waals surface area contributed by atoms with Crippen molar-refractivity contribution in [2.75, 3.05) is 18.4 Å². The highest BCUT2D eigenvalue weighted by atomic mass is 16.1. The first-order chi connectivity index (χ1) is 11.8. The molecule has 0 spiro atoms. The summed E-state index contributed by atoms with van der Waals surface area (Å²) in [6.07, 6.45) is 7.98. The molecule has 0 atom stereocenters. The molecule has 122 valence electrons. The van der Waals surface area contributed by atoms with Crippen LogP contribution in [0.15, 0.2) is 55.0 Å². The number of pyridine rings is 1. The normalized spacial score (nSPS) is 15.0. The first-order valence-electron chi connectivity index (χ1n) is 8.34. The summed E-state index contributed by atoms with van der Waals surface area (Å²) in [5.41, 5.74) is 3.30. The van der Waals surface area contributed by atoms with Crippen LogP contribution in [-0.4, -0.2) is 33.3 Å². The second-order valence-corrected chi connectivity index (χ2v) is 6.22. The van der Waals surface area contributed by atoms with Crippen LogP contribution in [0.25, 0.3) is 5.65 Å². The number of imidazole rings is 1. The van der Waals surface area contributed by atoms with Crippen LogP contribution in [0.3, 0.4) is 0 Å². The largest absolute Gasteiger partial charge is 0.322 e. The topological polar surface area (TPSA) is 49.6 Å². The number of carbonyl (C=O) groups is 1. The number of hydrogen-bond donors (Lipinski definition) is 1. The van der Waals surface area contributed by atoms with E-state index in [-0.39, 0.29) is 5.91 Å². The third-order valence-corrected chi connectivity index (χ3v) is 4.45. The number of carbonyl (C=O) groups excluding carboxylic acids is 1. The van der Waals surface area contributed by atoms with Crippen LogP contribution < -0.4 is 5.32 Å². The number of hydrogen-bond acceptors (Lipinski definition) is 3. The molecule has 0 bridgehead atoms. The van der Waals surface area contributed by atoms with E-state index in [9.17, 15) is 4.79 Å². The number of rotatable bonds is 4. The van der Waals surface area contributed by atoms with Crippen molar-refractivity contribution in [3.8, 4) is 0 Å². The second kappa shape index (κ2) is 6.45. The summed E-state index contributed by atoms with van der Waals surface area (Å²) in [7, 11) is 0. The molecule has 1 saturated heterocycles. The van der Waals surface area contributed by atoms with E-state index in [1.807, 2.05) is 35.0 Å². The van der Waals surface area contributed by atoms with Crippen molar-refractivity contribution >= 4 is 17.2 Å². The number of nitrogens with one attached hydrogen (secondary N) is 1. The van der Waals surface area contributed by atoms with E-state index in [2.05, 4.69) is 27.3 Å². The van der Waals surface area contributed by atoms with E-state index in [1.165, 1.54) is 31.5 Å². The Bertz CT molecular complexity index is 864. The Labute approximate surface area is 140 Å². The fourth-order valence-corrected chi connectivity index (χ4v) is 3.27. The van der Waals surface area contributed by atoms with Crippen molar-refractivity contribution in [2.45, 2.75) is 19.4 Å². The standard InChI is InChI=1S/C19H20N4O/c24-19(17-7-4-11-23-12-8-20-18(17)23)21-16-6-3-5-15(13-16)14-22-9-1-2-10-22/h3-8,11-13H,1-2,9-10,14H2,(H,21,24). The minimum Gasteiger partial charge on any atom is -0.322 e. The van der Waals surface area contributed by atoms with Gasteiger partial charge in [-0.05, 0) is 55.8 Å². The zero-order chi connectivity index (χ0) is 16.4. The molecule has 0 radical (unpaired) electrons. The summed E-state index contributed by atoms with van der Waals surface area (Å²) < 4.78 is 1.85. The van der Waals surface area contributed by atoms with Crippen molar-refractivity contribution in [3.63, 3.8) is 0 Å². The smallest absolute Gasteiger partial charge is 0.259 e. The number of fused-ring (bicyclic) bond motifs is 1. The van der Waals surface area contributed by atoms with Gasteiger partial charge in [-0.3, -0.25) is 9.69 Å². The molecule has 5 heteroatoms. The molecule has 3 aromatic rings. The van der Waals surface area contributed by atoms with Crippen LogP contribution >= 0.6 is 0 Å². The van der Waals surface area contributed by atoms with Gasteiger partial charge >= 0.3 is 0 Å². The third kappa shape index (κ3) is 3.03. The lowest BCUT2D eigenvalue weighted by molar-refractivity contribution is 0.102. The first kappa shape index (κ1) is 14.9. The second-order valence-electron chi connectivity index (χ2n) is 6.22. The van der Waals surface area contributed by atoms with Crippen LogP contribution in [0.2, 0.25) is 0 Å². The zero-order valence-corrected chi connectivity index (χ0v) is 13.5. The molecule has 3 heterocycles. The molecule has 0 saturated carbocycles. The molecule has 1 aliphatic heterocycles. The number of aromatic nitrogens is 2. The molecule has 1 aliphatic rings. The Kier molecular flexibility index (Phi) is 4.01. The van der Waals surface area contributed by atoms with Crippen molar-refractivity contribution in [1.82, 2.24) is 14.3 Å². The Balaban J connectivity index is 1.52. The summed E-state index contributed by atoms with van der Waals surface area (Å²) in [5, 5.41) is 2.99. The Hall–Kier alpha value is -2.66. The van der Waals surface area contributed by atoms with Gasteiger partial charge in [-0.1, -0.05) is 12.1 Å². The average Bonchev–Trinajstić information content (AvgIpc) is 3.25. The first-order valence-corrected chi connectivity index (χ1v) is 8.34. The predicted molar refractivity (Wildman–Crippen MR) is 94.1 cm³/mol. The number of nitrogens with zero attached hydrogens (tertiary/aromatic N) is 3. The average molecular weight is 320 g/mol. The highest BCUT2D eigenvalue weighted by Crippen LogP contribution is 2.17. The Morgan fingerprint density at radius 3 is 2.88 bits per heavy atom. The van der Waals surface area contributed by atoms with Crippen LogP contribution in [0.4, 0.5) is 5.69 Å². The predicted octanol–water partition coefficient (Wildman–Crippen LogP) is 3.18. The minimum absolute atomic E-state index is 0.134. The third-order valence-electron chi connectivity index (χ3n) is 4.45. The maximum absolute atomic E-state index is 12.6. The Morgan fingerprint density at radius 1 is 1.12 bits per heavy atom. The van der Waals surface area contributed by atoms with Crippen molar-refractivity contribution < 1.29 is 4.79 Å². The van der Waals surface area contributed by atoms with Gasteiger partial charge in [-0.25, -0.2) is 4.98 Å². The van der Waals surface area contributed by atoms with Crippen molar-refractivity contribution in [1.29, 1.82) is 0 Å². The maximum atomic E-state index is 12.6. The molecule has 1 N–H and O–H groups in total. The van der Waals surface area contributed by atoms with Crippen molar-refractivity contribution in [2.24, 2.45) is 0 Å². The van der Waals surface area contributed by atoms with Gasteiger partial charge in [0.05, 0.1) is 5.56 Å². The van der Waals surface area contributed by atoms with Gasteiger partial charge in [0, 0.05) is 30.8 Å². The van der Waals surface area contributed by atoms with Gasteiger partial charge in [0.25, 0.3) is 5.91 Å². The molecular weight excluding hydrogens is 300 g/mol. The van der Waals surface area contributed by atoms with E-state index in [4.69, 9.17) is 0 Å². The summed E-state index contributed by atoms with van der Waals surface area (Å²) in [6.45, 7) is 3.27. The summed E-state index contributed by atoms with van der Waals surface area (Å²) in [4.78, 5) is 19.3. The van der Waals surface area contributed by atoms with Crippen LogP contribution in [0.1, 0.15) is 28.8 Å². The summed E-state index contributed by atoms with van der Waals surface area (Å²) in [6, 6.07) is 11.7. The van der Waals surface area contributed by atoms with Gasteiger partial charge in [0.1, 0.15) is 5.65 Å². The highest BCUT2D eigenvalue weighted by Gasteiger charge is 2.14. The van der Waals surface area contributed by atoms with Crippen LogP contribution in [0, 0.1) is 0 Å². The number of anilines is 1. The van der Waals surface area contributed by atoms with E-state index >= 15 is 0 Å². The van der Waals surface area contributed by atoms with Gasteiger partial charge in [0.15, 0.2) is 0 Å². The number of amides is 1. The lowest BCUT2D eigenvalue weighted by Gasteiger charge is -2.15. The molecule has 4 rings (SSSR count). The van der Waals surface area contributed by atoms with Crippen molar-refractivity contribution in [3.05, 3.63) is 66.1 Å². The van der Waals surface area contributed by atoms with Gasteiger partial charge in [0.2, 0.25) is 0 Å². The van der Waals surface area contributed by atoms with E-state index in [0.29, 0.717) is 11.2 Å². The van der Waals surface area contributed by atoms with Gasteiger partial charge < -0.3 is 9.72 Å². The molecule has 5 nitrogen and oxygen atoms in total. The fourth-order valence-electron chi connectivity index (χ4n) is 3.27. The van der Waals surface area contributed by atoms with Gasteiger partial charge in [-0.15, -0.1) is 0 Å². The molecule has 1 aromatic carbocycles. The fraction of sp³-hybridized carbons (Fsp3) is 0.263. The summed E-state index contributed by atoms with van der Waals surface area (Å²) >= 11 is 0. The van der Waals surface area contributed by atoms with E-state index in [0.717, 1.165) is 12.2 Å². The van der Waals surface area contributed by atoms with Crippen LogP contribution in [-0.2, 0) is 6.54 Å². The van der Waals surface area contributed by atoms with Gasteiger partial charge in [-0.2, -0.15) is 0 Å². The maximum Gasteiger partial charge on any atom is 0.259 e. The SMILES string of the molecule is O=C(Nc1cccc(CN2CCCC2)c1)c1cccn2ccnc12. The highest BCUT2D eigenvalue weighted by molar-refractivity contribution is 6.08. The molecule has 2 aromatic heterocycles. The van der Waals surface area contributed by atoms with E-state index < -0.39 is 0 Å². The minimum atomic E-state index is -0.134. The molecule has 0 unspecified atom stereocenters. The number of benzene rings is 1. The molecule has 0 aliphatic carbocycles. The van der Waals surface area contributed by atoms with E-state index in [1.54, 1.807) is 12.3 Å². The quantitative estimate of drug-likeness (QED) is 0.803. The molecule has 1 amide bonds. The molecular formula is C19H20N4O. The Morgan fingerprint density at radius 2 is 2.00 bits per heavy atom. The van der Waals surface area contributed by atoms with Crippen LogP contribution in [0.5, 0.6) is 0 Å². The lowest BCUT2D eigenvalue weighted by Crippen LogP contribution is -2.18. The molecule has 24 heavy (non-hydrogen) atoms. The molecule has 1 fully saturated rings. The lowest BCUT2D eigenvalue weighted by atomic mass is 10.1. The zero-order valence-electron chi connectivity index (χ0n) is 13.5. The summed E-state index contributed by atoms with van der Waals surface area (Å²) in [5.74, 6) is -0.134.